The lowest BCUT2D eigenvalue weighted by Gasteiger charge is -2.22. The number of hydrogen-bond acceptors (Lipinski definition) is 6. The van der Waals surface area contributed by atoms with Crippen LogP contribution in [0.3, 0.4) is 0 Å². The van der Waals surface area contributed by atoms with E-state index >= 15 is 0 Å². The number of rotatable bonds is 6. The number of anilines is 1. The maximum atomic E-state index is 13.3. The topological polar surface area (TPSA) is 77.8 Å². The maximum absolute atomic E-state index is 13.3. The van der Waals surface area contributed by atoms with Crippen LogP contribution in [-0.2, 0) is 9.47 Å². The number of fused-ring (bicyclic) bond motifs is 1. The van der Waals surface area contributed by atoms with Crippen LogP contribution in [-0.4, -0.2) is 48.2 Å². The molecule has 0 saturated heterocycles. The van der Waals surface area contributed by atoms with E-state index in [1.165, 1.54) is 12.1 Å². The first-order valence-electron chi connectivity index (χ1n) is 10.8. The summed E-state index contributed by atoms with van der Waals surface area (Å²) in [6, 6.07) is 9.47. The van der Waals surface area contributed by atoms with Crippen LogP contribution < -0.4 is 4.90 Å². The zero-order valence-corrected chi connectivity index (χ0v) is 22.2. The van der Waals surface area contributed by atoms with Gasteiger partial charge in [0.1, 0.15) is 5.60 Å². The quantitative estimate of drug-likeness (QED) is 0.251. The van der Waals surface area contributed by atoms with Crippen molar-refractivity contribution < 1.29 is 23.9 Å². The molecule has 0 aliphatic heterocycles. The molecule has 3 rings (SSSR count). The standard InChI is InChI=1S/C25H25Cl3N2O5/c1-6-34-23(32)22-21(29(5)13-19(31)14-7-9-15(26)10-8-14)20-17(28)11-16(27)12-18(20)30(22)24(33)35-25(2,3)4/h7-12H,6,13H2,1-5H3. The van der Waals surface area contributed by atoms with Crippen molar-refractivity contribution >= 4 is 69.2 Å². The predicted octanol–water partition coefficient (Wildman–Crippen LogP) is 6.88. The highest BCUT2D eigenvalue weighted by molar-refractivity contribution is 6.40. The van der Waals surface area contributed by atoms with Gasteiger partial charge in [-0.2, -0.15) is 0 Å². The van der Waals surface area contributed by atoms with Gasteiger partial charge in [0.05, 0.1) is 29.4 Å². The molecule has 0 fully saturated rings. The Hall–Kier alpha value is -2.74. The van der Waals surface area contributed by atoms with Crippen molar-refractivity contribution in [3.8, 4) is 0 Å². The Labute approximate surface area is 218 Å². The van der Waals surface area contributed by atoms with Gasteiger partial charge in [0.2, 0.25) is 0 Å². The summed E-state index contributed by atoms with van der Waals surface area (Å²) in [6.07, 6.45) is -0.812. The third-order valence-electron chi connectivity index (χ3n) is 4.93. The monoisotopic (exact) mass is 538 g/mol. The molecule has 0 aliphatic rings. The third-order valence-corrected chi connectivity index (χ3v) is 5.70. The fourth-order valence-electron chi connectivity index (χ4n) is 3.59. The normalized spacial score (nSPS) is 11.4. The van der Waals surface area contributed by atoms with Crippen molar-refractivity contribution in [3.63, 3.8) is 0 Å². The lowest BCUT2D eigenvalue weighted by molar-refractivity contribution is 0.0454. The van der Waals surface area contributed by atoms with Crippen LogP contribution in [0.2, 0.25) is 15.1 Å². The Bertz CT molecular complexity index is 1290. The van der Waals surface area contributed by atoms with Crippen LogP contribution in [0.5, 0.6) is 0 Å². The average molecular weight is 540 g/mol. The van der Waals surface area contributed by atoms with Crippen LogP contribution in [0, 0.1) is 0 Å². The molecule has 0 bridgehead atoms. The van der Waals surface area contributed by atoms with Gasteiger partial charge >= 0.3 is 12.1 Å². The highest BCUT2D eigenvalue weighted by atomic mass is 35.5. The van der Waals surface area contributed by atoms with Gasteiger partial charge in [0.15, 0.2) is 11.5 Å². The molecule has 1 heterocycles. The number of Topliss-reactive ketones (excluding diaryl/α,β-unsaturated/α-hetero) is 1. The fraction of sp³-hybridized carbons (Fsp3) is 0.320. The first kappa shape index (κ1) is 26.9. The summed E-state index contributed by atoms with van der Waals surface area (Å²) < 4.78 is 11.9. The van der Waals surface area contributed by atoms with Gasteiger partial charge in [-0.25, -0.2) is 14.2 Å². The van der Waals surface area contributed by atoms with Crippen molar-refractivity contribution in [1.82, 2.24) is 4.57 Å². The number of carbonyl (C=O) groups is 3. The van der Waals surface area contributed by atoms with E-state index in [0.717, 1.165) is 4.57 Å². The lowest BCUT2D eigenvalue weighted by atomic mass is 10.1. The molecule has 1 aromatic heterocycles. The molecule has 3 aromatic rings. The highest BCUT2D eigenvalue weighted by Crippen LogP contribution is 2.41. The molecule has 0 atom stereocenters. The Morgan fingerprint density at radius 1 is 1.00 bits per heavy atom. The molecule has 0 unspecified atom stereocenters. The van der Waals surface area contributed by atoms with Crippen molar-refractivity contribution in [3.05, 3.63) is 62.7 Å². The third kappa shape index (κ3) is 5.92. The molecular weight excluding hydrogens is 515 g/mol. The smallest absolute Gasteiger partial charge is 0.419 e. The van der Waals surface area contributed by atoms with Gasteiger partial charge in [0, 0.05) is 28.0 Å². The van der Waals surface area contributed by atoms with Gasteiger partial charge in [-0.3, -0.25) is 4.79 Å². The second-order valence-electron chi connectivity index (χ2n) is 8.80. The fourth-order valence-corrected chi connectivity index (χ4v) is 4.29. The molecule has 7 nitrogen and oxygen atoms in total. The van der Waals surface area contributed by atoms with Crippen molar-refractivity contribution in [1.29, 1.82) is 0 Å². The molecule has 0 N–H and O–H groups in total. The number of ketones is 1. The Morgan fingerprint density at radius 3 is 2.20 bits per heavy atom. The Morgan fingerprint density at radius 2 is 1.63 bits per heavy atom. The van der Waals surface area contributed by atoms with E-state index in [4.69, 9.17) is 44.3 Å². The number of ether oxygens (including phenoxy) is 2. The largest absolute Gasteiger partial charge is 0.461 e. The van der Waals surface area contributed by atoms with Gasteiger partial charge in [-0.15, -0.1) is 0 Å². The van der Waals surface area contributed by atoms with Crippen molar-refractivity contribution in [2.24, 2.45) is 0 Å². The summed E-state index contributed by atoms with van der Waals surface area (Å²) >= 11 is 18.7. The first-order chi connectivity index (χ1) is 16.3. The number of benzene rings is 2. The zero-order chi connectivity index (χ0) is 26.1. The zero-order valence-electron chi connectivity index (χ0n) is 19.9. The van der Waals surface area contributed by atoms with Crippen LogP contribution >= 0.6 is 34.8 Å². The summed E-state index contributed by atoms with van der Waals surface area (Å²) in [6.45, 7) is 6.71. The summed E-state index contributed by atoms with van der Waals surface area (Å²) in [5.74, 6) is -1.01. The Kier molecular flexibility index (Phi) is 8.04. The molecule has 10 heteroatoms. The van der Waals surface area contributed by atoms with Crippen LogP contribution in [0.1, 0.15) is 48.5 Å². The number of likely N-dealkylation sites (N-methyl/N-ethyl adjacent to an activating group) is 1. The van der Waals surface area contributed by atoms with Crippen molar-refractivity contribution in [2.45, 2.75) is 33.3 Å². The molecule has 0 saturated carbocycles. The van der Waals surface area contributed by atoms with E-state index in [1.807, 2.05) is 0 Å². The van der Waals surface area contributed by atoms with E-state index in [1.54, 1.807) is 63.9 Å². The molecule has 0 aliphatic carbocycles. The molecule has 2 aromatic carbocycles. The van der Waals surface area contributed by atoms with E-state index in [2.05, 4.69) is 0 Å². The second-order valence-corrected chi connectivity index (χ2v) is 10.1. The van der Waals surface area contributed by atoms with Crippen LogP contribution in [0.15, 0.2) is 36.4 Å². The predicted molar refractivity (Wildman–Crippen MR) is 139 cm³/mol. The van der Waals surface area contributed by atoms with Crippen LogP contribution in [0.25, 0.3) is 10.9 Å². The number of aromatic nitrogens is 1. The van der Waals surface area contributed by atoms with E-state index < -0.39 is 17.7 Å². The molecule has 35 heavy (non-hydrogen) atoms. The summed E-state index contributed by atoms with van der Waals surface area (Å²) in [5.41, 5.74) is -0.0389. The molecule has 186 valence electrons. The summed E-state index contributed by atoms with van der Waals surface area (Å²) in [5, 5.41) is 1.31. The van der Waals surface area contributed by atoms with Gasteiger partial charge < -0.3 is 14.4 Å². The number of halogens is 3. The van der Waals surface area contributed by atoms with Gasteiger partial charge in [0.25, 0.3) is 0 Å². The number of nitrogens with zero attached hydrogens (tertiary/aromatic N) is 2. The molecule has 0 amide bonds. The van der Waals surface area contributed by atoms with Gasteiger partial charge in [-0.1, -0.05) is 34.8 Å². The van der Waals surface area contributed by atoms with E-state index in [0.29, 0.717) is 16.0 Å². The van der Waals surface area contributed by atoms with E-state index in [9.17, 15) is 14.4 Å². The number of carbonyl (C=O) groups excluding carboxylic acids is 3. The molecule has 0 radical (unpaired) electrons. The number of hydrogen-bond donors (Lipinski definition) is 0. The highest BCUT2D eigenvalue weighted by Gasteiger charge is 2.33. The average Bonchev–Trinajstić information content (AvgIpc) is 3.08. The second kappa shape index (κ2) is 10.5. The number of esters is 1. The summed E-state index contributed by atoms with van der Waals surface area (Å²) in [7, 11) is 1.62. The van der Waals surface area contributed by atoms with Gasteiger partial charge in [-0.05, 0) is 64.1 Å². The van der Waals surface area contributed by atoms with E-state index in [-0.39, 0.29) is 45.9 Å². The SMILES string of the molecule is CCOC(=O)c1c(N(C)CC(=O)c2ccc(Cl)cc2)c2c(Cl)cc(Cl)cc2n1C(=O)OC(C)(C)C. The minimum absolute atomic E-state index is 0.0655. The minimum Gasteiger partial charge on any atom is -0.461 e. The van der Waals surface area contributed by atoms with Crippen LogP contribution in [0.4, 0.5) is 10.5 Å². The van der Waals surface area contributed by atoms with Crippen molar-refractivity contribution in [2.75, 3.05) is 25.1 Å². The maximum Gasteiger partial charge on any atom is 0.419 e. The minimum atomic E-state index is -0.849. The Balaban J connectivity index is 2.24. The first-order valence-corrected chi connectivity index (χ1v) is 11.9. The molecular formula is C25H25Cl3N2O5. The summed E-state index contributed by atoms with van der Waals surface area (Å²) in [4.78, 5) is 41.0. The molecule has 0 spiro atoms. The lowest BCUT2D eigenvalue weighted by Crippen LogP contribution is -2.31.